The topological polar surface area (TPSA) is 35.9 Å². The number of fused-ring (bicyclic) bond motifs is 2. The lowest BCUT2D eigenvalue weighted by Crippen LogP contribution is -2.28. The predicted molar refractivity (Wildman–Crippen MR) is 143 cm³/mol. The monoisotopic (exact) mass is 491 g/mol. The third kappa shape index (κ3) is 4.31. The smallest absolute Gasteiger partial charge is 0.266 e. The van der Waals surface area contributed by atoms with Gasteiger partial charge < -0.3 is 4.90 Å². The minimum atomic E-state index is -0.00880. The number of hydrogen-bond donors (Lipinski definition) is 0. The molecule has 0 saturated carbocycles. The summed E-state index contributed by atoms with van der Waals surface area (Å²) < 4.78 is 0. The zero-order valence-corrected chi connectivity index (χ0v) is 20.7. The third-order valence-corrected chi connectivity index (χ3v) is 7.94. The second-order valence-electron chi connectivity index (χ2n) is 7.57. The van der Waals surface area contributed by atoms with E-state index in [2.05, 4.69) is 36.1 Å². The molecule has 0 bridgehead atoms. The number of likely N-dealkylation sites (N-methyl/N-ethyl adjacent to an activating group) is 1. The number of anilines is 1. The molecule has 5 rings (SSSR count). The number of halogens is 1. The number of allylic oxidation sites excluding steroid dienone is 2. The van der Waals surface area contributed by atoms with Crippen molar-refractivity contribution in [3.63, 3.8) is 0 Å². The van der Waals surface area contributed by atoms with Crippen molar-refractivity contribution >= 4 is 68.3 Å². The van der Waals surface area contributed by atoms with E-state index in [4.69, 9.17) is 16.6 Å². The van der Waals surface area contributed by atoms with E-state index < -0.39 is 0 Å². The van der Waals surface area contributed by atoms with Gasteiger partial charge in [0.2, 0.25) is 0 Å². The van der Waals surface area contributed by atoms with Gasteiger partial charge in [-0.2, -0.15) is 0 Å². The summed E-state index contributed by atoms with van der Waals surface area (Å²) in [4.78, 5) is 23.7. The summed E-state index contributed by atoms with van der Waals surface area (Å²) in [6.07, 6.45) is 3.94. The fraction of sp³-hybridized carbons (Fsp3) is 0.154. The first-order valence-electron chi connectivity index (χ1n) is 10.8. The molecule has 1 amide bonds. The van der Waals surface area contributed by atoms with Crippen LogP contribution in [0.1, 0.15) is 13.8 Å². The van der Waals surface area contributed by atoms with Gasteiger partial charge in [-0.05, 0) is 78.9 Å². The van der Waals surface area contributed by atoms with Gasteiger partial charge in [0.25, 0.3) is 5.91 Å². The Hall–Kier alpha value is -2.67. The number of amidine groups is 1. The van der Waals surface area contributed by atoms with Gasteiger partial charge in [-0.1, -0.05) is 53.7 Å². The molecule has 0 radical (unpaired) electrons. The van der Waals surface area contributed by atoms with Crippen LogP contribution in [-0.4, -0.2) is 29.1 Å². The number of thioether (sulfide) groups is 2. The van der Waals surface area contributed by atoms with Crippen molar-refractivity contribution in [1.29, 1.82) is 0 Å². The van der Waals surface area contributed by atoms with Gasteiger partial charge in [0.05, 0.1) is 21.3 Å². The Labute approximate surface area is 207 Å². The summed E-state index contributed by atoms with van der Waals surface area (Å²) in [5.74, 6) is -0.00880. The fourth-order valence-corrected chi connectivity index (χ4v) is 6.19. The molecule has 2 aliphatic rings. The highest BCUT2D eigenvalue weighted by Crippen LogP contribution is 2.47. The Kier molecular flexibility index (Phi) is 6.23. The minimum absolute atomic E-state index is 0.00880. The molecule has 0 spiro atoms. The van der Waals surface area contributed by atoms with Crippen LogP contribution in [0.5, 0.6) is 0 Å². The van der Waals surface area contributed by atoms with Crippen LogP contribution in [0, 0.1) is 0 Å². The molecule has 1 saturated heterocycles. The first-order chi connectivity index (χ1) is 16.1. The van der Waals surface area contributed by atoms with E-state index in [0.29, 0.717) is 16.6 Å². The Balaban J connectivity index is 1.43. The van der Waals surface area contributed by atoms with E-state index in [0.717, 1.165) is 33.4 Å². The van der Waals surface area contributed by atoms with E-state index in [1.807, 2.05) is 55.5 Å². The van der Waals surface area contributed by atoms with Crippen LogP contribution >= 0.6 is 35.1 Å². The predicted octanol–water partition coefficient (Wildman–Crippen LogP) is 7.43. The molecule has 3 aromatic rings. The Morgan fingerprint density at radius 3 is 2.48 bits per heavy atom. The summed E-state index contributed by atoms with van der Waals surface area (Å²) in [5, 5.41) is 4.83. The van der Waals surface area contributed by atoms with Crippen LogP contribution in [-0.2, 0) is 4.79 Å². The van der Waals surface area contributed by atoms with Crippen molar-refractivity contribution in [3.05, 3.63) is 87.8 Å². The molecule has 166 valence electrons. The third-order valence-electron chi connectivity index (χ3n) is 5.55. The van der Waals surface area contributed by atoms with E-state index >= 15 is 0 Å². The number of carbonyl (C=O) groups is 1. The number of aliphatic imine (C=N–C) groups is 1. The molecule has 7 heteroatoms. The van der Waals surface area contributed by atoms with Crippen molar-refractivity contribution in [3.8, 4) is 0 Å². The summed E-state index contributed by atoms with van der Waals surface area (Å²) in [7, 11) is 0. The second-order valence-corrected chi connectivity index (χ2v) is 10.1. The molecule has 4 nitrogen and oxygen atoms in total. The van der Waals surface area contributed by atoms with Gasteiger partial charge in [0.1, 0.15) is 0 Å². The van der Waals surface area contributed by atoms with Crippen LogP contribution in [0.25, 0.3) is 10.8 Å². The summed E-state index contributed by atoms with van der Waals surface area (Å²) >= 11 is 9.32. The average molecular weight is 492 g/mol. The van der Waals surface area contributed by atoms with Crippen LogP contribution in [0.3, 0.4) is 0 Å². The number of nitrogens with zero attached hydrogens (tertiary/aromatic N) is 3. The lowest BCUT2D eigenvalue weighted by Gasteiger charge is -2.17. The maximum Gasteiger partial charge on any atom is 0.266 e. The van der Waals surface area contributed by atoms with Gasteiger partial charge in [0, 0.05) is 23.0 Å². The molecule has 2 heterocycles. The Bertz CT molecular complexity index is 1350. The van der Waals surface area contributed by atoms with E-state index in [1.165, 1.54) is 22.0 Å². The summed E-state index contributed by atoms with van der Waals surface area (Å²) in [6, 6.07) is 20.3. The van der Waals surface area contributed by atoms with E-state index in [-0.39, 0.29) is 5.91 Å². The highest BCUT2D eigenvalue weighted by molar-refractivity contribution is 8.18. The van der Waals surface area contributed by atoms with Gasteiger partial charge in [-0.15, -0.1) is 0 Å². The molecule has 0 aliphatic carbocycles. The number of hydrogen-bond acceptors (Lipinski definition) is 5. The van der Waals surface area contributed by atoms with Crippen LogP contribution in [0.4, 0.5) is 11.4 Å². The minimum Gasteiger partial charge on any atom is -0.335 e. The second kappa shape index (κ2) is 9.29. The number of amides is 1. The zero-order valence-electron chi connectivity index (χ0n) is 18.3. The Morgan fingerprint density at radius 2 is 1.70 bits per heavy atom. The molecule has 0 unspecified atom stereocenters. The first-order valence-corrected chi connectivity index (χ1v) is 12.8. The number of rotatable bonds is 4. The largest absolute Gasteiger partial charge is 0.335 e. The van der Waals surface area contributed by atoms with Gasteiger partial charge >= 0.3 is 0 Å². The lowest BCUT2D eigenvalue weighted by atomic mass is 10.1. The molecule has 0 aromatic heterocycles. The zero-order chi connectivity index (χ0) is 22.9. The lowest BCUT2D eigenvalue weighted by molar-refractivity contribution is -0.122. The summed E-state index contributed by atoms with van der Waals surface area (Å²) in [5.41, 5.74) is 1.96. The van der Waals surface area contributed by atoms with Gasteiger partial charge in [0.15, 0.2) is 5.17 Å². The molecule has 0 N–H and O–H groups in total. The van der Waals surface area contributed by atoms with E-state index in [1.54, 1.807) is 16.7 Å². The molecule has 3 aromatic carbocycles. The molecule has 1 fully saturated rings. The van der Waals surface area contributed by atoms with Crippen molar-refractivity contribution in [1.82, 2.24) is 4.90 Å². The van der Waals surface area contributed by atoms with Crippen molar-refractivity contribution in [2.24, 2.45) is 4.99 Å². The molecule has 2 aliphatic heterocycles. The van der Waals surface area contributed by atoms with Crippen molar-refractivity contribution < 1.29 is 4.79 Å². The van der Waals surface area contributed by atoms with E-state index in [9.17, 15) is 4.79 Å². The van der Waals surface area contributed by atoms with Crippen molar-refractivity contribution in [2.75, 3.05) is 18.0 Å². The Morgan fingerprint density at radius 1 is 0.909 bits per heavy atom. The van der Waals surface area contributed by atoms with Crippen molar-refractivity contribution in [2.45, 2.75) is 18.7 Å². The van der Waals surface area contributed by atoms with Crippen LogP contribution < -0.4 is 4.90 Å². The maximum atomic E-state index is 13.1. The maximum absolute atomic E-state index is 13.1. The highest BCUT2D eigenvalue weighted by atomic mass is 35.5. The molecule has 0 atom stereocenters. The standard InChI is InChI=1S/C26H22ClN3OS2/c1-3-29-21-16-19(27)10-12-22(21)32-24(29)14-13-23-25(31)30(4-2)26(33-23)28-20-11-9-17-7-5-6-8-18(17)15-20/h5-16H,3-4H2,1-2H3/b23-13+,24-14+,28-26?. The SMILES string of the molecule is CCN1C(=O)/C(=C\C=C2\Sc3ccc(Cl)cc3N2CC)SC1=Nc1ccc2ccccc2c1. The fourth-order valence-electron chi connectivity index (χ4n) is 3.91. The molecular formula is C26H22ClN3OS2. The quantitative estimate of drug-likeness (QED) is 0.355. The highest BCUT2D eigenvalue weighted by Gasteiger charge is 2.32. The first kappa shape index (κ1) is 22.1. The van der Waals surface area contributed by atoms with Crippen LogP contribution in [0.15, 0.2) is 92.6 Å². The van der Waals surface area contributed by atoms with Gasteiger partial charge in [-0.25, -0.2) is 4.99 Å². The van der Waals surface area contributed by atoms with Gasteiger partial charge in [-0.3, -0.25) is 9.69 Å². The average Bonchev–Trinajstić information content (AvgIpc) is 3.32. The molecule has 33 heavy (non-hydrogen) atoms. The van der Waals surface area contributed by atoms with Crippen LogP contribution in [0.2, 0.25) is 5.02 Å². The number of carbonyl (C=O) groups excluding carboxylic acids is 1. The molecular weight excluding hydrogens is 470 g/mol. The number of benzene rings is 3. The summed E-state index contributed by atoms with van der Waals surface area (Å²) in [6.45, 7) is 5.49. The normalized spacial score (nSPS) is 19.5.